The number of nitrogens with zero attached hydrogens (tertiary/aromatic N) is 4. The Hall–Kier alpha value is -1.73. The van der Waals surface area contributed by atoms with E-state index in [-0.39, 0.29) is 0 Å². The molecule has 7 nitrogen and oxygen atoms in total. The van der Waals surface area contributed by atoms with Crippen molar-refractivity contribution in [1.29, 1.82) is 0 Å². The molecule has 3 N–H and O–H groups in total. The number of nitrogens with two attached hydrogens (primary N) is 1. The first-order chi connectivity index (χ1) is 8.86. The van der Waals surface area contributed by atoms with E-state index in [1.165, 1.54) is 6.33 Å². The maximum atomic E-state index is 5.57. The Labute approximate surface area is 105 Å². The second-order valence-corrected chi connectivity index (χ2v) is 3.92. The summed E-state index contributed by atoms with van der Waals surface area (Å²) in [5, 5.41) is 0. The molecule has 2 heterocycles. The molecule has 2 aromatic rings. The summed E-state index contributed by atoms with van der Waals surface area (Å²) in [6.07, 6.45) is 4.06. The first-order valence-electron chi connectivity index (χ1n) is 5.95. The zero-order valence-corrected chi connectivity index (χ0v) is 10.5. The van der Waals surface area contributed by atoms with Gasteiger partial charge in [-0.1, -0.05) is 0 Å². The van der Waals surface area contributed by atoms with Crippen molar-refractivity contribution in [3.8, 4) is 0 Å². The van der Waals surface area contributed by atoms with Crippen LogP contribution >= 0.6 is 0 Å². The summed E-state index contributed by atoms with van der Waals surface area (Å²) in [4.78, 5) is 17.8. The third kappa shape index (κ3) is 2.74. The minimum absolute atomic E-state index is 0.643. The van der Waals surface area contributed by atoms with Crippen molar-refractivity contribution in [3.05, 3.63) is 12.7 Å². The first-order valence-corrected chi connectivity index (χ1v) is 5.95. The van der Waals surface area contributed by atoms with Crippen LogP contribution in [0.3, 0.4) is 0 Å². The second-order valence-electron chi connectivity index (χ2n) is 3.92. The van der Waals surface area contributed by atoms with E-state index in [2.05, 4.69) is 24.8 Å². The van der Waals surface area contributed by atoms with Gasteiger partial charge in [0.15, 0.2) is 11.5 Å². The number of aromatic nitrogens is 4. The van der Waals surface area contributed by atoms with Gasteiger partial charge in [-0.25, -0.2) is 15.0 Å². The number of fused-ring (bicyclic) bond motifs is 1. The largest absolute Gasteiger partial charge is 0.383 e. The fraction of sp³-hybridized carbons (Fsp3) is 0.545. The molecule has 0 radical (unpaired) electrons. The number of methoxy groups -OCH3 is 1. The van der Waals surface area contributed by atoms with Crippen LogP contribution < -0.4 is 10.6 Å². The molecule has 0 saturated heterocycles. The van der Waals surface area contributed by atoms with E-state index in [4.69, 9.17) is 10.5 Å². The standard InChI is InChI=1S/C11H18N6O/c1-18-6-5-17(4-2-3-12)11-9-10(14-7-13-9)15-8-16-11/h7-8H,2-6,12H2,1H3,(H,13,14,15,16). The van der Waals surface area contributed by atoms with Gasteiger partial charge in [0.05, 0.1) is 12.9 Å². The SMILES string of the molecule is COCCN(CCCN)c1ncnc2nc[nH]c12. The number of rotatable bonds is 7. The third-order valence-electron chi connectivity index (χ3n) is 2.70. The topological polar surface area (TPSA) is 93.0 Å². The Kier molecular flexibility index (Phi) is 4.43. The molecular weight excluding hydrogens is 232 g/mol. The Morgan fingerprint density at radius 1 is 1.33 bits per heavy atom. The quantitative estimate of drug-likeness (QED) is 0.727. The van der Waals surface area contributed by atoms with E-state index < -0.39 is 0 Å². The highest BCUT2D eigenvalue weighted by atomic mass is 16.5. The van der Waals surface area contributed by atoms with Crippen molar-refractivity contribution < 1.29 is 4.74 Å². The van der Waals surface area contributed by atoms with Crippen molar-refractivity contribution in [2.24, 2.45) is 5.73 Å². The van der Waals surface area contributed by atoms with Crippen LogP contribution in [0.4, 0.5) is 5.82 Å². The number of anilines is 1. The number of H-pyrrole nitrogens is 1. The molecular formula is C11H18N6O. The highest BCUT2D eigenvalue weighted by Crippen LogP contribution is 2.19. The molecule has 98 valence electrons. The highest BCUT2D eigenvalue weighted by Gasteiger charge is 2.13. The van der Waals surface area contributed by atoms with E-state index in [0.29, 0.717) is 18.8 Å². The van der Waals surface area contributed by atoms with Gasteiger partial charge in [-0.05, 0) is 13.0 Å². The van der Waals surface area contributed by atoms with Crippen LogP contribution in [-0.2, 0) is 4.74 Å². The van der Waals surface area contributed by atoms with Crippen LogP contribution in [-0.4, -0.2) is 53.3 Å². The molecule has 0 saturated carbocycles. The summed E-state index contributed by atoms with van der Waals surface area (Å²) in [5.41, 5.74) is 7.09. The van der Waals surface area contributed by atoms with Gasteiger partial charge in [0, 0.05) is 20.2 Å². The molecule has 0 fully saturated rings. The number of nitrogens with one attached hydrogen (secondary N) is 1. The van der Waals surface area contributed by atoms with Crippen LogP contribution in [0.1, 0.15) is 6.42 Å². The summed E-state index contributed by atoms with van der Waals surface area (Å²) >= 11 is 0. The minimum Gasteiger partial charge on any atom is -0.383 e. The number of hydrogen-bond donors (Lipinski definition) is 2. The Morgan fingerprint density at radius 3 is 3.00 bits per heavy atom. The van der Waals surface area contributed by atoms with Crippen LogP contribution in [0.15, 0.2) is 12.7 Å². The van der Waals surface area contributed by atoms with Crippen molar-refractivity contribution in [3.63, 3.8) is 0 Å². The predicted molar refractivity (Wildman–Crippen MR) is 69.4 cm³/mol. The zero-order valence-electron chi connectivity index (χ0n) is 10.5. The number of hydrogen-bond acceptors (Lipinski definition) is 6. The molecule has 0 amide bonds. The van der Waals surface area contributed by atoms with Gasteiger partial charge in [-0.3, -0.25) is 0 Å². The molecule has 18 heavy (non-hydrogen) atoms. The monoisotopic (exact) mass is 250 g/mol. The smallest absolute Gasteiger partial charge is 0.182 e. The van der Waals surface area contributed by atoms with Crippen molar-refractivity contribution in [2.75, 3.05) is 38.3 Å². The van der Waals surface area contributed by atoms with E-state index in [1.54, 1.807) is 13.4 Å². The molecule has 0 aliphatic rings. The summed E-state index contributed by atoms with van der Waals surface area (Å²) in [7, 11) is 1.69. The average Bonchev–Trinajstić information content (AvgIpc) is 2.87. The Bertz CT molecular complexity index is 477. The molecule has 0 aliphatic heterocycles. The third-order valence-corrected chi connectivity index (χ3v) is 2.70. The lowest BCUT2D eigenvalue weighted by Crippen LogP contribution is -2.30. The Balaban J connectivity index is 2.24. The molecule has 0 spiro atoms. The van der Waals surface area contributed by atoms with Gasteiger partial charge < -0.3 is 20.4 Å². The fourth-order valence-electron chi connectivity index (χ4n) is 1.80. The van der Waals surface area contributed by atoms with Crippen LogP contribution in [0.2, 0.25) is 0 Å². The van der Waals surface area contributed by atoms with Gasteiger partial charge in [0.25, 0.3) is 0 Å². The first kappa shape index (κ1) is 12.7. The molecule has 2 aromatic heterocycles. The lowest BCUT2D eigenvalue weighted by molar-refractivity contribution is 0.205. The molecule has 0 aromatic carbocycles. The van der Waals surface area contributed by atoms with Crippen molar-refractivity contribution in [2.45, 2.75) is 6.42 Å². The maximum absolute atomic E-state index is 5.57. The molecule has 0 bridgehead atoms. The normalized spacial score (nSPS) is 11.0. The van der Waals surface area contributed by atoms with Gasteiger partial charge >= 0.3 is 0 Å². The van der Waals surface area contributed by atoms with Crippen molar-refractivity contribution in [1.82, 2.24) is 19.9 Å². The highest BCUT2D eigenvalue weighted by molar-refractivity contribution is 5.82. The summed E-state index contributed by atoms with van der Waals surface area (Å²) in [6.45, 7) is 2.90. The molecule has 0 atom stereocenters. The minimum atomic E-state index is 0.643. The second kappa shape index (κ2) is 6.27. The summed E-state index contributed by atoms with van der Waals surface area (Å²) in [5.74, 6) is 0.850. The molecule has 0 aliphatic carbocycles. The fourth-order valence-corrected chi connectivity index (χ4v) is 1.80. The Morgan fingerprint density at radius 2 is 2.22 bits per heavy atom. The molecule has 2 rings (SSSR count). The van der Waals surface area contributed by atoms with Gasteiger partial charge in [0.2, 0.25) is 0 Å². The van der Waals surface area contributed by atoms with Gasteiger partial charge in [-0.15, -0.1) is 0 Å². The van der Waals surface area contributed by atoms with E-state index >= 15 is 0 Å². The van der Waals surface area contributed by atoms with E-state index in [1.807, 2.05) is 0 Å². The molecule has 7 heteroatoms. The molecule has 0 unspecified atom stereocenters. The average molecular weight is 250 g/mol. The van der Waals surface area contributed by atoms with Gasteiger partial charge in [-0.2, -0.15) is 0 Å². The number of imidazole rings is 1. The predicted octanol–water partition coefficient (Wildman–Crippen LogP) is 0.155. The van der Waals surface area contributed by atoms with E-state index in [9.17, 15) is 0 Å². The summed E-state index contributed by atoms with van der Waals surface area (Å²) in [6, 6.07) is 0. The summed E-state index contributed by atoms with van der Waals surface area (Å²) < 4.78 is 5.13. The van der Waals surface area contributed by atoms with E-state index in [0.717, 1.165) is 30.8 Å². The lowest BCUT2D eigenvalue weighted by atomic mass is 10.3. The lowest BCUT2D eigenvalue weighted by Gasteiger charge is -2.23. The number of ether oxygens (including phenoxy) is 1. The van der Waals surface area contributed by atoms with Crippen LogP contribution in [0.5, 0.6) is 0 Å². The van der Waals surface area contributed by atoms with Gasteiger partial charge in [0.1, 0.15) is 11.8 Å². The van der Waals surface area contributed by atoms with Crippen LogP contribution in [0, 0.1) is 0 Å². The van der Waals surface area contributed by atoms with Crippen LogP contribution in [0.25, 0.3) is 11.2 Å². The van der Waals surface area contributed by atoms with Crippen molar-refractivity contribution >= 4 is 17.0 Å². The number of aromatic amines is 1. The maximum Gasteiger partial charge on any atom is 0.182 e. The zero-order chi connectivity index (χ0) is 12.8.